The standard InChI is InChI=1S/C9H20B2N5Si/c1-8(2)15-10(3)14(5)17-16(11(15)4)9-6-7-12-13-9/h6-8,17H,1-5H3,(H,12,13). The molecule has 91 valence electrons. The molecule has 0 unspecified atom stereocenters. The van der Waals surface area contributed by atoms with Crippen LogP contribution in [-0.4, -0.2) is 56.3 Å². The van der Waals surface area contributed by atoms with Crippen LogP contribution in [0.5, 0.6) is 0 Å². The second-order valence-electron chi connectivity index (χ2n) is 4.93. The van der Waals surface area contributed by atoms with Crippen LogP contribution in [0, 0.1) is 0 Å². The van der Waals surface area contributed by atoms with Crippen LogP contribution < -0.4 is 4.48 Å². The van der Waals surface area contributed by atoms with E-state index in [-0.39, 0.29) is 9.84 Å². The first-order valence-electron chi connectivity index (χ1n) is 6.14. The van der Waals surface area contributed by atoms with Crippen molar-refractivity contribution in [2.75, 3.05) is 11.5 Å². The van der Waals surface area contributed by atoms with Crippen LogP contribution in [0.15, 0.2) is 12.3 Å². The zero-order chi connectivity index (χ0) is 12.6. The molecule has 0 atom stereocenters. The molecule has 1 aliphatic heterocycles. The number of nitrogens with zero attached hydrogens (tertiary/aromatic N) is 4. The number of hydrogen-bond acceptors (Lipinski definition) is 4. The third kappa shape index (κ3) is 2.29. The van der Waals surface area contributed by atoms with Crippen molar-refractivity contribution in [3.63, 3.8) is 0 Å². The van der Waals surface area contributed by atoms with Crippen LogP contribution in [-0.2, 0) is 0 Å². The fourth-order valence-electron chi connectivity index (χ4n) is 2.57. The van der Waals surface area contributed by atoms with Crippen molar-refractivity contribution in [2.24, 2.45) is 0 Å². The smallest absolute Gasteiger partial charge is 0.322 e. The predicted molar refractivity (Wildman–Crippen MR) is 76.2 cm³/mol. The van der Waals surface area contributed by atoms with Gasteiger partial charge in [0, 0.05) is 0 Å². The number of rotatable bonds is 2. The minimum atomic E-state index is 0.114. The van der Waals surface area contributed by atoms with Gasteiger partial charge in [-0.2, -0.15) is 5.10 Å². The third-order valence-corrected chi connectivity index (χ3v) is 5.28. The molecule has 0 saturated carbocycles. The number of nitrogens with one attached hydrogen (secondary N) is 1. The molecule has 1 fully saturated rings. The molecule has 1 N–H and O–H groups in total. The van der Waals surface area contributed by atoms with E-state index in [1.165, 1.54) is 0 Å². The number of aromatic nitrogens is 2. The summed E-state index contributed by atoms with van der Waals surface area (Å²) in [6.45, 7) is 9.99. The van der Waals surface area contributed by atoms with Gasteiger partial charge in [0.1, 0.15) is 5.82 Å². The highest BCUT2D eigenvalue weighted by molar-refractivity contribution is 6.86. The van der Waals surface area contributed by atoms with Crippen molar-refractivity contribution in [2.45, 2.75) is 33.5 Å². The molecule has 1 aromatic heterocycles. The molecular formula is C9H20B2N5Si. The van der Waals surface area contributed by atoms with E-state index < -0.39 is 0 Å². The van der Waals surface area contributed by atoms with Gasteiger partial charge in [-0.15, -0.1) is 0 Å². The van der Waals surface area contributed by atoms with Crippen LogP contribution in [0.2, 0.25) is 13.6 Å². The fourth-order valence-corrected chi connectivity index (χ4v) is 3.93. The Hall–Kier alpha value is -0.723. The van der Waals surface area contributed by atoms with Crippen LogP contribution in [0.25, 0.3) is 0 Å². The number of aromatic amines is 1. The van der Waals surface area contributed by atoms with Crippen LogP contribution in [0.1, 0.15) is 13.8 Å². The summed E-state index contributed by atoms with van der Waals surface area (Å²) in [6.07, 6.45) is 1.82. The molecule has 0 aliphatic carbocycles. The maximum atomic E-state index is 4.06. The van der Waals surface area contributed by atoms with Crippen LogP contribution >= 0.6 is 0 Å². The molecule has 1 radical (unpaired) electrons. The molecular weight excluding hydrogens is 228 g/mol. The molecule has 0 amide bonds. The second-order valence-corrected chi connectivity index (χ2v) is 6.54. The van der Waals surface area contributed by atoms with Gasteiger partial charge in [0.25, 0.3) is 6.98 Å². The molecule has 8 heteroatoms. The molecule has 1 aliphatic rings. The Bertz CT molecular complexity index is 360. The Morgan fingerprint density at radius 1 is 1.35 bits per heavy atom. The normalized spacial score (nSPS) is 19.5. The van der Waals surface area contributed by atoms with E-state index in [0.717, 1.165) is 5.82 Å². The van der Waals surface area contributed by atoms with Crippen molar-refractivity contribution in [1.29, 1.82) is 0 Å². The van der Waals surface area contributed by atoms with E-state index in [9.17, 15) is 0 Å². The molecule has 17 heavy (non-hydrogen) atoms. The van der Waals surface area contributed by atoms with Crippen molar-refractivity contribution >= 4 is 29.6 Å². The zero-order valence-electron chi connectivity index (χ0n) is 11.3. The summed E-state index contributed by atoms with van der Waals surface area (Å²) in [4.78, 5) is 0. The molecule has 1 aromatic rings. The highest BCUT2D eigenvalue weighted by atomic mass is 28.2. The summed E-state index contributed by atoms with van der Waals surface area (Å²) in [5, 5.41) is 7.13. The highest BCUT2D eigenvalue weighted by Gasteiger charge is 2.41. The lowest BCUT2D eigenvalue weighted by molar-refractivity contribution is 0.488. The van der Waals surface area contributed by atoms with E-state index in [0.29, 0.717) is 20.0 Å². The average molecular weight is 248 g/mol. The van der Waals surface area contributed by atoms with Crippen molar-refractivity contribution in [3.05, 3.63) is 12.3 Å². The summed E-state index contributed by atoms with van der Waals surface area (Å²) < 4.78 is 7.38. The Balaban J connectivity index is 2.25. The monoisotopic (exact) mass is 248 g/mol. The number of H-pyrrole nitrogens is 1. The minimum absolute atomic E-state index is 0.114. The van der Waals surface area contributed by atoms with Crippen molar-refractivity contribution in [3.8, 4) is 0 Å². The minimum Gasteiger partial charge on any atom is -0.406 e. The quantitative estimate of drug-likeness (QED) is 0.767. The molecule has 0 bridgehead atoms. The maximum absolute atomic E-state index is 4.06. The fraction of sp³-hybridized carbons (Fsp3) is 0.667. The molecule has 2 heterocycles. The SMILES string of the molecule is CB1N(C)[SiH]N(c2ccn[nH]2)B(C)N1C(C)C. The van der Waals surface area contributed by atoms with Gasteiger partial charge in [-0.3, -0.25) is 5.10 Å². The van der Waals surface area contributed by atoms with Gasteiger partial charge in [-0.25, -0.2) is 0 Å². The first kappa shape index (κ1) is 12.7. The molecule has 5 nitrogen and oxygen atoms in total. The Morgan fingerprint density at radius 2 is 2.06 bits per heavy atom. The van der Waals surface area contributed by atoms with Crippen molar-refractivity contribution in [1.82, 2.24) is 19.4 Å². The topological polar surface area (TPSA) is 38.4 Å². The lowest BCUT2D eigenvalue weighted by Crippen LogP contribution is -2.72. The van der Waals surface area contributed by atoms with E-state index in [1.807, 2.05) is 12.3 Å². The molecule has 1 saturated heterocycles. The Morgan fingerprint density at radius 3 is 2.59 bits per heavy atom. The van der Waals surface area contributed by atoms with Gasteiger partial charge in [0.15, 0.2) is 0 Å². The summed E-state index contributed by atoms with van der Waals surface area (Å²) in [6, 6.07) is 2.58. The van der Waals surface area contributed by atoms with Gasteiger partial charge in [-0.05, 0) is 19.2 Å². The van der Waals surface area contributed by atoms with Crippen LogP contribution in [0.3, 0.4) is 0 Å². The largest absolute Gasteiger partial charge is 0.406 e. The van der Waals surface area contributed by atoms with Gasteiger partial charge >= 0.3 is 6.98 Å². The predicted octanol–water partition coefficient (Wildman–Crippen LogP) is 0.374. The third-order valence-electron chi connectivity index (χ3n) is 3.52. The number of hydrogen-bond donors (Lipinski definition) is 1. The van der Waals surface area contributed by atoms with E-state index in [2.05, 4.69) is 58.4 Å². The first-order valence-corrected chi connectivity index (χ1v) is 7.17. The summed E-state index contributed by atoms with van der Waals surface area (Å²) in [7, 11) is 2.31. The van der Waals surface area contributed by atoms with E-state index >= 15 is 0 Å². The lowest BCUT2D eigenvalue weighted by Gasteiger charge is -2.49. The highest BCUT2D eigenvalue weighted by Crippen LogP contribution is 2.20. The Kier molecular flexibility index (Phi) is 3.65. The van der Waals surface area contributed by atoms with Crippen LogP contribution in [0.4, 0.5) is 5.82 Å². The molecule has 0 spiro atoms. The summed E-state index contributed by atoms with van der Waals surface area (Å²) in [5.74, 6) is 1.12. The number of anilines is 1. The maximum Gasteiger partial charge on any atom is 0.322 e. The van der Waals surface area contributed by atoms with E-state index in [1.54, 1.807) is 0 Å². The average Bonchev–Trinajstić information content (AvgIpc) is 2.76. The zero-order valence-corrected chi connectivity index (χ0v) is 12.4. The Labute approximate surface area is 107 Å². The van der Waals surface area contributed by atoms with Gasteiger partial charge < -0.3 is 13.7 Å². The second kappa shape index (κ2) is 4.87. The molecule has 2 rings (SSSR count). The van der Waals surface area contributed by atoms with Gasteiger partial charge in [0.05, 0.1) is 6.20 Å². The first-order chi connectivity index (χ1) is 8.02. The van der Waals surface area contributed by atoms with Crippen molar-refractivity contribution < 1.29 is 0 Å². The van der Waals surface area contributed by atoms with Gasteiger partial charge in [0.2, 0.25) is 9.84 Å². The van der Waals surface area contributed by atoms with Gasteiger partial charge in [-0.1, -0.05) is 27.5 Å². The van der Waals surface area contributed by atoms with E-state index in [4.69, 9.17) is 0 Å². The summed E-state index contributed by atoms with van der Waals surface area (Å²) >= 11 is 0. The lowest BCUT2D eigenvalue weighted by atomic mass is 9.61. The summed E-state index contributed by atoms with van der Waals surface area (Å²) in [5.41, 5.74) is 0. The molecule has 0 aromatic carbocycles.